The van der Waals surface area contributed by atoms with Crippen LogP contribution in [0, 0.1) is 0 Å². The van der Waals surface area contributed by atoms with E-state index in [2.05, 4.69) is 24.9 Å². The molecule has 25 heavy (non-hydrogen) atoms. The molecule has 1 N–H and O–H groups in total. The number of H-pyrrole nitrogens is 1. The minimum atomic E-state index is 0.558. The summed E-state index contributed by atoms with van der Waals surface area (Å²) in [6, 6.07) is 11.3. The summed E-state index contributed by atoms with van der Waals surface area (Å²) in [6.45, 7) is 0.558. The van der Waals surface area contributed by atoms with Gasteiger partial charge >= 0.3 is 0 Å². The van der Waals surface area contributed by atoms with Crippen LogP contribution in [0.15, 0.2) is 55.0 Å². The second kappa shape index (κ2) is 6.49. The summed E-state index contributed by atoms with van der Waals surface area (Å²) >= 11 is 6.02. The molecule has 1 aromatic carbocycles. The van der Waals surface area contributed by atoms with Gasteiger partial charge in [-0.3, -0.25) is 4.98 Å². The highest BCUT2D eigenvalue weighted by molar-refractivity contribution is 6.31. The lowest BCUT2D eigenvalue weighted by Gasteiger charge is -2.16. The van der Waals surface area contributed by atoms with Crippen LogP contribution in [0.3, 0.4) is 0 Å². The third kappa shape index (κ3) is 3.29. The molecule has 0 fully saturated rings. The molecule has 3 aromatic heterocycles. The summed E-state index contributed by atoms with van der Waals surface area (Å²) in [7, 11) is 1.93. The van der Waals surface area contributed by atoms with E-state index in [-0.39, 0.29) is 0 Å². The van der Waals surface area contributed by atoms with Crippen LogP contribution in [0.4, 0.5) is 5.95 Å². The molecule has 0 bridgehead atoms. The maximum atomic E-state index is 6.02. The second-order valence-corrected chi connectivity index (χ2v) is 6.12. The summed E-state index contributed by atoms with van der Waals surface area (Å²) < 4.78 is 0. The number of benzene rings is 1. The highest BCUT2D eigenvalue weighted by Gasteiger charge is 2.10. The largest absolute Gasteiger partial charge is 0.340 e. The minimum Gasteiger partial charge on any atom is -0.340 e. The van der Waals surface area contributed by atoms with Gasteiger partial charge in [-0.1, -0.05) is 11.6 Å². The first-order chi connectivity index (χ1) is 12.2. The molecule has 7 heteroatoms. The highest BCUT2D eigenvalue weighted by Crippen LogP contribution is 2.20. The fraction of sp³-hybridized carbons (Fsp3) is 0.111. The predicted octanol–water partition coefficient (Wildman–Crippen LogP) is 3.70. The molecular weight excluding hydrogens is 336 g/mol. The van der Waals surface area contributed by atoms with E-state index in [1.807, 2.05) is 48.3 Å². The van der Waals surface area contributed by atoms with Crippen molar-refractivity contribution in [2.24, 2.45) is 0 Å². The van der Waals surface area contributed by atoms with E-state index in [0.29, 0.717) is 17.5 Å². The van der Waals surface area contributed by atoms with E-state index in [4.69, 9.17) is 11.6 Å². The molecule has 0 aliphatic rings. The Morgan fingerprint density at radius 3 is 2.88 bits per heavy atom. The number of hydrogen-bond donors (Lipinski definition) is 1. The Morgan fingerprint density at radius 1 is 1.12 bits per heavy atom. The van der Waals surface area contributed by atoms with E-state index < -0.39 is 0 Å². The maximum absolute atomic E-state index is 6.02. The van der Waals surface area contributed by atoms with Gasteiger partial charge in [0.25, 0.3) is 0 Å². The van der Waals surface area contributed by atoms with E-state index in [1.165, 1.54) is 0 Å². The number of anilines is 1. The lowest BCUT2D eigenvalue weighted by Crippen LogP contribution is -2.20. The van der Waals surface area contributed by atoms with Crippen molar-refractivity contribution in [1.82, 2.24) is 24.9 Å². The van der Waals surface area contributed by atoms with Gasteiger partial charge in [-0.15, -0.1) is 0 Å². The van der Waals surface area contributed by atoms with Crippen molar-refractivity contribution in [3.8, 4) is 11.3 Å². The number of nitrogens with one attached hydrogen (secondary N) is 1. The van der Waals surface area contributed by atoms with Crippen LogP contribution in [0.5, 0.6) is 0 Å². The zero-order valence-electron chi connectivity index (χ0n) is 13.5. The number of aromatic amines is 1. The van der Waals surface area contributed by atoms with Gasteiger partial charge in [0.05, 0.1) is 23.3 Å². The number of rotatable bonds is 4. The van der Waals surface area contributed by atoms with Gasteiger partial charge < -0.3 is 9.88 Å². The fourth-order valence-electron chi connectivity index (χ4n) is 2.61. The molecule has 4 aromatic rings. The average molecular weight is 351 g/mol. The van der Waals surface area contributed by atoms with E-state index >= 15 is 0 Å². The van der Waals surface area contributed by atoms with Crippen LogP contribution in [-0.4, -0.2) is 32.0 Å². The van der Waals surface area contributed by atoms with Crippen molar-refractivity contribution in [1.29, 1.82) is 0 Å². The number of fused-ring (bicyclic) bond motifs is 1. The van der Waals surface area contributed by atoms with Crippen molar-refractivity contribution in [3.63, 3.8) is 0 Å². The first kappa shape index (κ1) is 15.5. The second-order valence-electron chi connectivity index (χ2n) is 5.68. The third-order valence-electron chi connectivity index (χ3n) is 3.82. The average Bonchev–Trinajstić information content (AvgIpc) is 3.04. The number of nitrogens with zero attached hydrogens (tertiary/aromatic N) is 5. The molecule has 0 atom stereocenters. The fourth-order valence-corrected chi connectivity index (χ4v) is 2.78. The molecule has 4 rings (SSSR count). The van der Waals surface area contributed by atoms with E-state index in [9.17, 15) is 0 Å². The normalized spacial score (nSPS) is 11.0. The van der Waals surface area contributed by atoms with Crippen LogP contribution < -0.4 is 4.90 Å². The number of hydrogen-bond acceptors (Lipinski definition) is 5. The summed E-state index contributed by atoms with van der Waals surface area (Å²) in [5, 5.41) is 0.684. The van der Waals surface area contributed by atoms with E-state index in [1.54, 1.807) is 18.6 Å². The van der Waals surface area contributed by atoms with Crippen LogP contribution in [0.2, 0.25) is 5.02 Å². The SMILES string of the molecule is CN(Cc1nc2ccc(Cl)cc2[nH]1)c1nccc(-c2cccnc2)n1. The van der Waals surface area contributed by atoms with Crippen molar-refractivity contribution in [3.05, 3.63) is 65.8 Å². The minimum absolute atomic E-state index is 0.558. The Kier molecular flexibility index (Phi) is 4.03. The topological polar surface area (TPSA) is 70.6 Å². The molecule has 0 spiro atoms. The molecular formula is C18H15ClN6. The maximum Gasteiger partial charge on any atom is 0.226 e. The molecule has 0 saturated heterocycles. The Hall–Kier alpha value is -2.99. The molecule has 0 saturated carbocycles. The van der Waals surface area contributed by atoms with Gasteiger partial charge in [0.1, 0.15) is 5.82 Å². The number of halogens is 1. The van der Waals surface area contributed by atoms with Gasteiger partial charge in [-0.25, -0.2) is 15.0 Å². The molecule has 0 unspecified atom stereocenters. The predicted molar refractivity (Wildman–Crippen MR) is 98.5 cm³/mol. The Balaban J connectivity index is 1.59. The molecule has 0 aliphatic heterocycles. The first-order valence-electron chi connectivity index (χ1n) is 7.78. The number of aromatic nitrogens is 5. The highest BCUT2D eigenvalue weighted by atomic mass is 35.5. The van der Waals surface area contributed by atoms with Crippen LogP contribution in [-0.2, 0) is 6.54 Å². The monoisotopic (exact) mass is 350 g/mol. The Bertz CT molecular complexity index is 1010. The smallest absolute Gasteiger partial charge is 0.226 e. The van der Waals surface area contributed by atoms with Crippen molar-refractivity contribution in [2.75, 3.05) is 11.9 Å². The van der Waals surface area contributed by atoms with Crippen molar-refractivity contribution in [2.45, 2.75) is 6.54 Å². The zero-order chi connectivity index (χ0) is 17.2. The Morgan fingerprint density at radius 2 is 2.04 bits per heavy atom. The van der Waals surface area contributed by atoms with Gasteiger partial charge in [0, 0.05) is 36.2 Å². The lowest BCUT2D eigenvalue weighted by atomic mass is 10.2. The van der Waals surface area contributed by atoms with Crippen LogP contribution >= 0.6 is 11.6 Å². The molecule has 6 nitrogen and oxygen atoms in total. The standard InChI is InChI=1S/C18H15ClN6/c1-25(11-17-22-15-5-4-13(19)9-16(15)23-17)18-21-8-6-14(24-18)12-3-2-7-20-10-12/h2-10H,11H2,1H3,(H,22,23). The van der Waals surface area contributed by atoms with Crippen molar-refractivity contribution < 1.29 is 0 Å². The lowest BCUT2D eigenvalue weighted by molar-refractivity contribution is 0.826. The number of pyridine rings is 1. The Labute approximate surface area is 149 Å². The third-order valence-corrected chi connectivity index (χ3v) is 4.06. The van der Waals surface area contributed by atoms with Gasteiger partial charge in [0.2, 0.25) is 5.95 Å². The van der Waals surface area contributed by atoms with E-state index in [0.717, 1.165) is 28.1 Å². The quantitative estimate of drug-likeness (QED) is 0.607. The molecule has 0 aliphatic carbocycles. The molecule has 3 heterocycles. The molecule has 124 valence electrons. The molecule has 0 radical (unpaired) electrons. The van der Waals surface area contributed by atoms with Crippen LogP contribution in [0.25, 0.3) is 22.3 Å². The summed E-state index contributed by atoms with van der Waals surface area (Å²) in [4.78, 5) is 22.9. The first-order valence-corrected chi connectivity index (χ1v) is 8.15. The number of imidazole rings is 1. The summed E-state index contributed by atoms with van der Waals surface area (Å²) in [6.07, 6.45) is 5.28. The van der Waals surface area contributed by atoms with Crippen molar-refractivity contribution >= 4 is 28.6 Å². The molecule has 0 amide bonds. The van der Waals surface area contributed by atoms with Gasteiger partial charge in [-0.05, 0) is 36.4 Å². The van der Waals surface area contributed by atoms with Crippen LogP contribution in [0.1, 0.15) is 5.82 Å². The van der Waals surface area contributed by atoms with Gasteiger partial charge in [-0.2, -0.15) is 0 Å². The zero-order valence-corrected chi connectivity index (χ0v) is 14.3. The summed E-state index contributed by atoms with van der Waals surface area (Å²) in [5.41, 5.74) is 3.60. The van der Waals surface area contributed by atoms with Gasteiger partial charge in [0.15, 0.2) is 0 Å². The summed E-state index contributed by atoms with van der Waals surface area (Å²) in [5.74, 6) is 1.45.